The Morgan fingerprint density at radius 2 is 1.93 bits per heavy atom. The van der Waals surface area contributed by atoms with Crippen LogP contribution in [0.25, 0.3) is 22.2 Å². The molecule has 0 amide bonds. The molecule has 45 heavy (non-hydrogen) atoms. The van der Waals surface area contributed by atoms with E-state index < -0.39 is 21.8 Å². The number of anilines is 1. The van der Waals surface area contributed by atoms with Crippen LogP contribution in [0.2, 0.25) is 10.0 Å². The van der Waals surface area contributed by atoms with E-state index in [2.05, 4.69) is 15.3 Å². The second-order valence-electron chi connectivity index (χ2n) is 12.1. The molecule has 240 valence electrons. The fraction of sp³-hybridized carbons (Fsp3) is 0.452. The maximum atomic E-state index is 15.6. The summed E-state index contributed by atoms with van der Waals surface area (Å²) < 4.78 is 52.8. The largest absolute Gasteiger partial charge is 0.486 e. The molecular formula is C31H35Cl2FN6O4S. The average Bonchev–Trinajstić information content (AvgIpc) is 3.34. The molecule has 0 aliphatic carbocycles. The third kappa shape index (κ3) is 6.90. The number of nitrogens with zero attached hydrogens (tertiary/aromatic N) is 5. The SMILES string of the molecule is C[C@@H](Oc1ccc2c(c1)c(-c1cnc(N3CC(C)(NCCS(C)(=O)=O)C3)c(F)c1)nn2C1CCCCO1)c1c(Cl)cncc1Cl. The van der Waals surface area contributed by atoms with Gasteiger partial charge in [-0.2, -0.15) is 5.10 Å². The number of halogens is 3. The first kappa shape index (κ1) is 31.9. The summed E-state index contributed by atoms with van der Waals surface area (Å²) in [6.45, 7) is 5.84. The number of rotatable bonds is 10. The van der Waals surface area contributed by atoms with Gasteiger partial charge in [-0.25, -0.2) is 22.5 Å². The van der Waals surface area contributed by atoms with Crippen LogP contribution >= 0.6 is 23.2 Å². The molecular weight excluding hydrogens is 642 g/mol. The molecule has 2 atom stereocenters. The van der Waals surface area contributed by atoms with Crippen LogP contribution in [-0.2, 0) is 14.6 Å². The van der Waals surface area contributed by atoms with Crippen LogP contribution < -0.4 is 15.0 Å². The summed E-state index contributed by atoms with van der Waals surface area (Å²) in [5.74, 6) is 0.389. The molecule has 14 heteroatoms. The van der Waals surface area contributed by atoms with Crippen molar-refractivity contribution >= 4 is 49.8 Å². The second kappa shape index (κ2) is 12.6. The van der Waals surface area contributed by atoms with Crippen LogP contribution in [0, 0.1) is 5.82 Å². The molecule has 3 aromatic heterocycles. The minimum absolute atomic E-state index is 0.0489. The Bertz CT molecular complexity index is 1810. The van der Waals surface area contributed by atoms with E-state index in [0.717, 1.165) is 30.2 Å². The van der Waals surface area contributed by atoms with Gasteiger partial charge >= 0.3 is 0 Å². The van der Waals surface area contributed by atoms with Gasteiger partial charge in [-0.3, -0.25) is 4.98 Å². The highest BCUT2D eigenvalue weighted by Crippen LogP contribution is 2.38. The predicted molar refractivity (Wildman–Crippen MR) is 173 cm³/mol. The minimum Gasteiger partial charge on any atom is -0.486 e. The number of aromatic nitrogens is 4. The van der Waals surface area contributed by atoms with Crippen molar-refractivity contribution in [1.82, 2.24) is 25.1 Å². The van der Waals surface area contributed by atoms with Crippen LogP contribution in [0.5, 0.6) is 5.75 Å². The van der Waals surface area contributed by atoms with Gasteiger partial charge in [-0.15, -0.1) is 0 Å². The number of benzene rings is 1. The number of fused-ring (bicyclic) bond motifs is 1. The topological polar surface area (TPSA) is 111 Å². The van der Waals surface area contributed by atoms with Crippen molar-refractivity contribution < 1.29 is 22.3 Å². The Hall–Kier alpha value is -3.03. The van der Waals surface area contributed by atoms with Crippen molar-refractivity contribution in [3.63, 3.8) is 0 Å². The second-order valence-corrected chi connectivity index (χ2v) is 15.1. The van der Waals surface area contributed by atoms with Crippen LogP contribution in [-0.4, -0.2) is 72.0 Å². The third-order valence-corrected chi connectivity index (χ3v) is 9.76. The first-order chi connectivity index (χ1) is 21.4. The standard InChI is InChI=1S/C31H35Cl2FN6O4S/c1-19(28-23(32)15-35-16-24(28)33)44-21-7-8-26-22(13-21)29(38-40(26)27-6-4-5-10-43-27)20-12-25(34)30(36-14-20)39-17-31(2,18-39)37-9-11-45(3,41)42/h7-8,12-16,19,27,37H,4-6,9-11,17-18H2,1-3H3/t19-,27?/m1/s1. The van der Waals surface area contributed by atoms with Gasteiger partial charge in [0.25, 0.3) is 0 Å². The summed E-state index contributed by atoms with van der Waals surface area (Å²) in [6, 6.07) is 7.12. The Morgan fingerprint density at radius 1 is 1.18 bits per heavy atom. The minimum atomic E-state index is -3.07. The molecule has 10 nitrogen and oxygen atoms in total. The number of ether oxygens (including phenoxy) is 2. The van der Waals surface area contributed by atoms with Gasteiger partial charge in [0.1, 0.15) is 27.4 Å². The fourth-order valence-electron chi connectivity index (χ4n) is 6.00. The molecule has 0 saturated carbocycles. The molecule has 0 spiro atoms. The highest BCUT2D eigenvalue weighted by atomic mass is 35.5. The monoisotopic (exact) mass is 676 g/mol. The van der Waals surface area contributed by atoms with E-state index in [9.17, 15) is 8.42 Å². The van der Waals surface area contributed by atoms with Gasteiger partial charge in [0.15, 0.2) is 17.9 Å². The molecule has 1 aromatic carbocycles. The quantitative estimate of drug-likeness (QED) is 0.216. The van der Waals surface area contributed by atoms with E-state index >= 15 is 4.39 Å². The Kier molecular flexibility index (Phi) is 8.97. The van der Waals surface area contributed by atoms with Crippen molar-refractivity contribution in [3.05, 3.63) is 64.3 Å². The smallest absolute Gasteiger partial charge is 0.166 e. The Labute approximate surface area is 271 Å². The number of hydrogen-bond acceptors (Lipinski definition) is 9. The molecule has 2 aliphatic rings. The van der Waals surface area contributed by atoms with E-state index in [1.165, 1.54) is 24.7 Å². The van der Waals surface area contributed by atoms with E-state index in [1.807, 2.05) is 41.6 Å². The maximum absolute atomic E-state index is 15.6. The maximum Gasteiger partial charge on any atom is 0.166 e. The lowest BCUT2D eigenvalue weighted by atomic mass is 9.92. The van der Waals surface area contributed by atoms with Crippen molar-refractivity contribution in [2.75, 3.05) is 43.1 Å². The normalized spacial score (nSPS) is 19.0. The molecule has 0 bridgehead atoms. The fourth-order valence-corrected chi connectivity index (χ4v) is 7.15. The number of pyridine rings is 2. The summed E-state index contributed by atoms with van der Waals surface area (Å²) in [6.07, 6.45) is 8.04. The van der Waals surface area contributed by atoms with Gasteiger partial charge in [0.05, 0.1) is 26.9 Å². The van der Waals surface area contributed by atoms with E-state index in [0.29, 0.717) is 58.9 Å². The summed E-state index contributed by atoms with van der Waals surface area (Å²) >= 11 is 12.7. The Balaban J connectivity index is 1.28. The lowest BCUT2D eigenvalue weighted by molar-refractivity contribution is -0.0365. The van der Waals surface area contributed by atoms with Gasteiger partial charge < -0.3 is 19.7 Å². The molecule has 2 aliphatic heterocycles. The first-order valence-corrected chi connectivity index (χ1v) is 17.7. The molecule has 6 rings (SSSR count). The zero-order chi connectivity index (χ0) is 31.9. The van der Waals surface area contributed by atoms with Crippen LogP contribution in [0.15, 0.2) is 42.9 Å². The zero-order valence-electron chi connectivity index (χ0n) is 25.3. The van der Waals surface area contributed by atoms with Crippen molar-refractivity contribution in [2.24, 2.45) is 0 Å². The van der Waals surface area contributed by atoms with E-state index in [1.54, 1.807) is 6.20 Å². The summed E-state index contributed by atoms with van der Waals surface area (Å²) in [4.78, 5) is 10.4. The summed E-state index contributed by atoms with van der Waals surface area (Å²) in [7, 11) is -3.07. The average molecular weight is 678 g/mol. The van der Waals surface area contributed by atoms with Crippen molar-refractivity contribution in [1.29, 1.82) is 0 Å². The van der Waals surface area contributed by atoms with Crippen LogP contribution in [0.1, 0.15) is 51.0 Å². The number of sulfone groups is 1. The number of nitrogens with one attached hydrogen (secondary N) is 1. The van der Waals surface area contributed by atoms with Gasteiger partial charge in [0.2, 0.25) is 0 Å². The third-order valence-electron chi connectivity index (χ3n) is 8.21. The lowest BCUT2D eigenvalue weighted by Gasteiger charge is -2.49. The Morgan fingerprint density at radius 3 is 2.60 bits per heavy atom. The highest BCUT2D eigenvalue weighted by Gasteiger charge is 2.40. The molecule has 1 unspecified atom stereocenters. The van der Waals surface area contributed by atoms with E-state index in [-0.39, 0.29) is 23.3 Å². The van der Waals surface area contributed by atoms with Gasteiger partial charge in [0, 0.05) is 67.6 Å². The summed E-state index contributed by atoms with van der Waals surface area (Å²) in [5.41, 5.74) is 2.22. The predicted octanol–water partition coefficient (Wildman–Crippen LogP) is 5.99. The van der Waals surface area contributed by atoms with E-state index in [4.69, 9.17) is 37.8 Å². The van der Waals surface area contributed by atoms with Crippen molar-refractivity contribution in [3.8, 4) is 17.0 Å². The molecule has 2 saturated heterocycles. The molecule has 0 radical (unpaired) electrons. The summed E-state index contributed by atoms with van der Waals surface area (Å²) in [5, 5.41) is 9.78. The highest BCUT2D eigenvalue weighted by molar-refractivity contribution is 7.90. The molecule has 2 fully saturated rings. The lowest BCUT2D eigenvalue weighted by Crippen LogP contribution is -2.68. The zero-order valence-corrected chi connectivity index (χ0v) is 27.6. The van der Waals surface area contributed by atoms with Crippen LogP contribution in [0.3, 0.4) is 0 Å². The van der Waals surface area contributed by atoms with Crippen LogP contribution in [0.4, 0.5) is 10.2 Å². The van der Waals surface area contributed by atoms with Gasteiger partial charge in [-0.05, 0) is 57.4 Å². The first-order valence-electron chi connectivity index (χ1n) is 14.8. The van der Waals surface area contributed by atoms with Crippen molar-refractivity contribution in [2.45, 2.75) is 51.0 Å². The molecule has 1 N–H and O–H groups in total. The molecule has 5 heterocycles. The molecule has 4 aromatic rings. The van der Waals surface area contributed by atoms with Gasteiger partial charge in [-0.1, -0.05) is 23.2 Å². The number of hydrogen-bond donors (Lipinski definition) is 1.